The standard InChI is InChI=1S/C18H19N5O2/c1-12-5-6-13(10-20-12)17(24)22-9-7-14(11-22)23-16-15(4-3-8-19-16)21(2)18(23)25/h3-6,8,10,14H,7,9,11H2,1-2H3/t14-/m1/s1. The lowest BCUT2D eigenvalue weighted by atomic mass is 10.2. The van der Waals surface area contributed by atoms with Gasteiger partial charge in [-0.2, -0.15) is 0 Å². The van der Waals surface area contributed by atoms with E-state index in [0.717, 1.165) is 17.6 Å². The van der Waals surface area contributed by atoms with Gasteiger partial charge in [0.2, 0.25) is 0 Å². The van der Waals surface area contributed by atoms with Crippen LogP contribution in [0.2, 0.25) is 0 Å². The molecule has 0 saturated carbocycles. The Morgan fingerprint density at radius 3 is 2.84 bits per heavy atom. The van der Waals surface area contributed by atoms with Crippen molar-refractivity contribution in [2.75, 3.05) is 13.1 Å². The van der Waals surface area contributed by atoms with Gasteiger partial charge in [0.05, 0.1) is 17.1 Å². The van der Waals surface area contributed by atoms with Crippen LogP contribution in [0.5, 0.6) is 0 Å². The summed E-state index contributed by atoms with van der Waals surface area (Å²) in [7, 11) is 1.75. The number of rotatable bonds is 2. The second-order valence-electron chi connectivity index (χ2n) is 6.44. The normalized spacial score (nSPS) is 17.4. The van der Waals surface area contributed by atoms with Crippen molar-refractivity contribution < 1.29 is 4.79 Å². The molecule has 4 rings (SSSR count). The number of aryl methyl sites for hydroxylation is 2. The van der Waals surface area contributed by atoms with E-state index >= 15 is 0 Å². The van der Waals surface area contributed by atoms with Gasteiger partial charge in [-0.15, -0.1) is 0 Å². The lowest BCUT2D eigenvalue weighted by Gasteiger charge is -2.17. The number of hydrogen-bond acceptors (Lipinski definition) is 4. The molecule has 3 aromatic rings. The van der Waals surface area contributed by atoms with Crippen LogP contribution in [0.15, 0.2) is 41.5 Å². The Hall–Kier alpha value is -2.96. The summed E-state index contributed by atoms with van der Waals surface area (Å²) in [4.78, 5) is 35.6. The number of aromatic nitrogens is 4. The second kappa shape index (κ2) is 5.84. The van der Waals surface area contributed by atoms with Crippen LogP contribution in [0, 0.1) is 6.92 Å². The lowest BCUT2D eigenvalue weighted by molar-refractivity contribution is 0.0787. The molecule has 7 heteroatoms. The van der Waals surface area contributed by atoms with Gasteiger partial charge in [0.15, 0.2) is 5.65 Å². The second-order valence-corrected chi connectivity index (χ2v) is 6.44. The average molecular weight is 337 g/mol. The zero-order valence-electron chi connectivity index (χ0n) is 14.2. The predicted octanol–water partition coefficient (Wildman–Crippen LogP) is 1.53. The average Bonchev–Trinajstić information content (AvgIpc) is 3.19. The molecule has 4 heterocycles. The van der Waals surface area contributed by atoms with Gasteiger partial charge >= 0.3 is 5.69 Å². The summed E-state index contributed by atoms with van der Waals surface area (Å²) >= 11 is 0. The molecule has 0 radical (unpaired) electrons. The fourth-order valence-electron chi connectivity index (χ4n) is 3.43. The van der Waals surface area contributed by atoms with E-state index < -0.39 is 0 Å². The SMILES string of the molecule is Cc1ccc(C(=O)N2CC[C@@H](n3c(=O)n(C)c4cccnc43)C2)cn1. The largest absolute Gasteiger partial charge is 0.336 e. The van der Waals surface area contributed by atoms with Crippen LogP contribution in [0.4, 0.5) is 0 Å². The summed E-state index contributed by atoms with van der Waals surface area (Å²) in [6.07, 6.45) is 4.03. The lowest BCUT2D eigenvalue weighted by Crippen LogP contribution is -2.31. The van der Waals surface area contributed by atoms with Crippen molar-refractivity contribution in [3.63, 3.8) is 0 Å². The fourth-order valence-corrected chi connectivity index (χ4v) is 3.43. The molecule has 1 aliphatic rings. The molecule has 1 aliphatic heterocycles. The van der Waals surface area contributed by atoms with E-state index in [-0.39, 0.29) is 17.6 Å². The number of fused-ring (bicyclic) bond motifs is 1. The first-order valence-corrected chi connectivity index (χ1v) is 8.30. The van der Waals surface area contributed by atoms with Crippen molar-refractivity contribution >= 4 is 17.1 Å². The molecule has 1 fully saturated rings. The molecule has 1 amide bonds. The first-order chi connectivity index (χ1) is 12.1. The molecule has 1 atom stereocenters. The van der Waals surface area contributed by atoms with Crippen molar-refractivity contribution in [3.8, 4) is 0 Å². The van der Waals surface area contributed by atoms with E-state index in [4.69, 9.17) is 0 Å². The number of nitrogens with zero attached hydrogens (tertiary/aromatic N) is 5. The van der Waals surface area contributed by atoms with E-state index in [1.54, 1.807) is 39.5 Å². The van der Waals surface area contributed by atoms with Crippen molar-refractivity contribution in [2.45, 2.75) is 19.4 Å². The molecule has 0 unspecified atom stereocenters. The molecule has 128 valence electrons. The third-order valence-electron chi connectivity index (χ3n) is 4.82. The van der Waals surface area contributed by atoms with Gasteiger partial charge in [-0.05, 0) is 37.6 Å². The Labute approximate surface area is 144 Å². The van der Waals surface area contributed by atoms with Gasteiger partial charge in [-0.25, -0.2) is 9.78 Å². The highest BCUT2D eigenvalue weighted by atomic mass is 16.2. The van der Waals surface area contributed by atoms with E-state index in [1.165, 1.54) is 0 Å². The molecule has 7 nitrogen and oxygen atoms in total. The fraction of sp³-hybridized carbons (Fsp3) is 0.333. The maximum Gasteiger partial charge on any atom is 0.330 e. The summed E-state index contributed by atoms with van der Waals surface area (Å²) in [5.74, 6) is -0.0451. The quantitative estimate of drug-likeness (QED) is 0.711. The molecule has 0 N–H and O–H groups in total. The Bertz CT molecular complexity index is 1000. The highest BCUT2D eigenvalue weighted by Crippen LogP contribution is 2.25. The molecule has 1 saturated heterocycles. The number of pyridine rings is 2. The highest BCUT2D eigenvalue weighted by molar-refractivity contribution is 5.94. The van der Waals surface area contributed by atoms with Crippen molar-refractivity contribution in [2.24, 2.45) is 7.05 Å². The van der Waals surface area contributed by atoms with Crippen LogP contribution in [-0.2, 0) is 7.05 Å². The minimum Gasteiger partial charge on any atom is -0.336 e. The molecular formula is C18H19N5O2. The number of hydrogen-bond donors (Lipinski definition) is 0. The molecule has 0 spiro atoms. The topological polar surface area (TPSA) is 73.0 Å². The van der Waals surface area contributed by atoms with E-state index in [0.29, 0.717) is 24.3 Å². The van der Waals surface area contributed by atoms with Crippen molar-refractivity contribution in [1.82, 2.24) is 24.0 Å². The zero-order valence-corrected chi connectivity index (χ0v) is 14.2. The zero-order chi connectivity index (χ0) is 17.6. The predicted molar refractivity (Wildman–Crippen MR) is 93.5 cm³/mol. The van der Waals surface area contributed by atoms with Crippen LogP contribution in [0.3, 0.4) is 0 Å². The van der Waals surface area contributed by atoms with E-state index in [2.05, 4.69) is 9.97 Å². The van der Waals surface area contributed by atoms with Gasteiger partial charge in [0.25, 0.3) is 5.91 Å². The van der Waals surface area contributed by atoms with Crippen LogP contribution in [0.1, 0.15) is 28.5 Å². The number of imidazole rings is 1. The number of carbonyl (C=O) groups excluding carboxylic acids is 1. The van der Waals surface area contributed by atoms with Gasteiger partial charge in [0.1, 0.15) is 0 Å². The molecule has 0 aromatic carbocycles. The van der Waals surface area contributed by atoms with Gasteiger partial charge in [0, 0.05) is 38.2 Å². The van der Waals surface area contributed by atoms with Gasteiger partial charge in [-0.3, -0.25) is 18.9 Å². The van der Waals surface area contributed by atoms with Crippen LogP contribution < -0.4 is 5.69 Å². The first kappa shape index (κ1) is 15.6. The van der Waals surface area contributed by atoms with Gasteiger partial charge < -0.3 is 4.90 Å². The molecule has 0 bridgehead atoms. The Morgan fingerprint density at radius 1 is 1.24 bits per heavy atom. The summed E-state index contributed by atoms with van der Waals surface area (Å²) in [6, 6.07) is 7.27. The molecule has 0 aliphatic carbocycles. The molecule has 25 heavy (non-hydrogen) atoms. The van der Waals surface area contributed by atoms with E-state index in [9.17, 15) is 9.59 Å². The summed E-state index contributed by atoms with van der Waals surface area (Å²) in [6.45, 7) is 3.01. The Balaban J connectivity index is 1.63. The molecule has 3 aromatic heterocycles. The minimum absolute atomic E-state index is 0.0451. The Kier molecular flexibility index (Phi) is 3.63. The summed E-state index contributed by atoms with van der Waals surface area (Å²) < 4.78 is 3.33. The Morgan fingerprint density at radius 2 is 2.08 bits per heavy atom. The van der Waals surface area contributed by atoms with Gasteiger partial charge in [-0.1, -0.05) is 0 Å². The highest BCUT2D eigenvalue weighted by Gasteiger charge is 2.31. The third-order valence-corrected chi connectivity index (χ3v) is 4.82. The maximum atomic E-state index is 12.7. The first-order valence-electron chi connectivity index (χ1n) is 8.30. The van der Waals surface area contributed by atoms with E-state index in [1.807, 2.05) is 25.1 Å². The van der Waals surface area contributed by atoms with Crippen molar-refractivity contribution in [1.29, 1.82) is 0 Å². The summed E-state index contributed by atoms with van der Waals surface area (Å²) in [5.41, 5.74) is 2.84. The monoisotopic (exact) mass is 337 g/mol. The number of carbonyl (C=O) groups is 1. The number of amides is 1. The summed E-state index contributed by atoms with van der Waals surface area (Å²) in [5, 5.41) is 0. The molecular weight excluding hydrogens is 318 g/mol. The van der Waals surface area contributed by atoms with Crippen LogP contribution in [-0.4, -0.2) is 43.0 Å². The van der Waals surface area contributed by atoms with Crippen LogP contribution >= 0.6 is 0 Å². The van der Waals surface area contributed by atoms with Crippen LogP contribution in [0.25, 0.3) is 11.2 Å². The van der Waals surface area contributed by atoms with Crippen molar-refractivity contribution in [3.05, 3.63) is 58.4 Å². The maximum absolute atomic E-state index is 12.7. The third kappa shape index (κ3) is 2.52. The minimum atomic E-state index is -0.0926. The number of likely N-dealkylation sites (tertiary alicyclic amines) is 1. The smallest absolute Gasteiger partial charge is 0.330 e.